The monoisotopic (exact) mass is 184 g/mol. The minimum Gasteiger partial charge on any atom is -0.347 e. The van der Waals surface area contributed by atoms with Gasteiger partial charge in [-0.05, 0) is 33.2 Å². The summed E-state index contributed by atoms with van der Waals surface area (Å²) in [7, 11) is 0. The Labute approximate surface area is 80.4 Å². The van der Waals surface area contributed by atoms with Crippen molar-refractivity contribution in [2.24, 2.45) is 11.7 Å². The molecule has 0 saturated heterocycles. The number of carbonyl (C=O) groups is 1. The average Bonchev–Trinajstić information content (AvgIpc) is 2.01. The summed E-state index contributed by atoms with van der Waals surface area (Å²) in [5.41, 5.74) is 5.79. The normalized spacial score (nSPS) is 13.6. The van der Waals surface area contributed by atoms with Crippen molar-refractivity contribution in [2.75, 3.05) is 6.54 Å². The molecule has 1 unspecified atom stereocenters. The van der Waals surface area contributed by atoms with E-state index in [1.54, 1.807) is 6.92 Å². The number of hydrogen-bond donors (Lipinski definition) is 2. The van der Waals surface area contributed by atoms with Crippen LogP contribution in [0.3, 0.4) is 0 Å². The second kappa shape index (κ2) is 4.42. The molecule has 0 fully saturated rings. The number of nitrogens with one attached hydrogen (secondary N) is 1. The van der Waals surface area contributed by atoms with Gasteiger partial charge < -0.3 is 11.1 Å². The van der Waals surface area contributed by atoms with Gasteiger partial charge in [0, 0.05) is 11.1 Å². The zero-order valence-corrected chi connectivity index (χ0v) is 8.98. The Morgan fingerprint density at radius 3 is 2.38 bits per heavy atom. The van der Waals surface area contributed by atoms with Gasteiger partial charge in [0.25, 0.3) is 0 Å². The SMILES string of the molecule is C=C(C)C(=O)NC(C)(C)C(C)CN. The Balaban J connectivity index is 4.33. The Morgan fingerprint density at radius 1 is 1.62 bits per heavy atom. The molecule has 3 heteroatoms. The average molecular weight is 184 g/mol. The van der Waals surface area contributed by atoms with Crippen LogP contribution in [0, 0.1) is 5.92 Å². The molecule has 13 heavy (non-hydrogen) atoms. The van der Waals surface area contributed by atoms with Crippen molar-refractivity contribution in [3.8, 4) is 0 Å². The van der Waals surface area contributed by atoms with Crippen molar-refractivity contribution in [1.29, 1.82) is 0 Å². The Bertz CT molecular complexity index is 209. The van der Waals surface area contributed by atoms with E-state index in [1.807, 2.05) is 20.8 Å². The van der Waals surface area contributed by atoms with Gasteiger partial charge in [0.1, 0.15) is 0 Å². The molecule has 0 heterocycles. The van der Waals surface area contributed by atoms with Crippen molar-refractivity contribution >= 4 is 5.91 Å². The van der Waals surface area contributed by atoms with Crippen molar-refractivity contribution in [2.45, 2.75) is 33.2 Å². The highest BCUT2D eigenvalue weighted by Crippen LogP contribution is 2.15. The second-order valence-electron chi connectivity index (χ2n) is 4.09. The third kappa shape index (κ3) is 3.59. The summed E-state index contributed by atoms with van der Waals surface area (Å²) >= 11 is 0. The highest BCUT2D eigenvalue weighted by atomic mass is 16.1. The van der Waals surface area contributed by atoms with E-state index in [9.17, 15) is 4.79 Å². The minimum absolute atomic E-state index is 0.106. The fraction of sp³-hybridized carbons (Fsp3) is 0.700. The molecule has 3 nitrogen and oxygen atoms in total. The van der Waals surface area contributed by atoms with Crippen LogP contribution >= 0.6 is 0 Å². The van der Waals surface area contributed by atoms with Crippen LogP contribution < -0.4 is 11.1 Å². The van der Waals surface area contributed by atoms with E-state index in [4.69, 9.17) is 5.73 Å². The van der Waals surface area contributed by atoms with Crippen LogP contribution in [0.25, 0.3) is 0 Å². The molecule has 1 atom stereocenters. The maximum absolute atomic E-state index is 11.3. The molecule has 0 rings (SSSR count). The van der Waals surface area contributed by atoms with Crippen LogP contribution in [0.5, 0.6) is 0 Å². The van der Waals surface area contributed by atoms with Gasteiger partial charge in [0.05, 0.1) is 0 Å². The molecule has 76 valence electrons. The first-order valence-electron chi connectivity index (χ1n) is 4.49. The molecular weight excluding hydrogens is 164 g/mol. The molecule has 0 saturated carbocycles. The molecule has 0 aliphatic carbocycles. The lowest BCUT2D eigenvalue weighted by Gasteiger charge is -2.32. The predicted octanol–water partition coefficient (Wildman–Crippen LogP) is 1.05. The van der Waals surface area contributed by atoms with Crippen LogP contribution in [0.15, 0.2) is 12.2 Å². The summed E-state index contributed by atoms with van der Waals surface area (Å²) in [5, 5.41) is 2.89. The standard InChI is InChI=1S/C10H20N2O/c1-7(2)9(13)12-10(4,5)8(3)6-11/h8H,1,6,11H2,2-5H3,(H,12,13). The largest absolute Gasteiger partial charge is 0.347 e. The van der Waals surface area contributed by atoms with Crippen molar-refractivity contribution in [1.82, 2.24) is 5.32 Å². The fourth-order valence-electron chi connectivity index (χ4n) is 0.817. The summed E-state index contributed by atoms with van der Waals surface area (Å²) in [5.74, 6) is 0.140. The summed E-state index contributed by atoms with van der Waals surface area (Å²) in [6, 6.07) is 0. The van der Waals surface area contributed by atoms with Gasteiger partial charge in [-0.15, -0.1) is 0 Å². The zero-order chi connectivity index (χ0) is 10.6. The highest BCUT2D eigenvalue weighted by molar-refractivity contribution is 5.92. The quantitative estimate of drug-likeness (QED) is 0.642. The van der Waals surface area contributed by atoms with Crippen LogP contribution in [-0.4, -0.2) is 18.0 Å². The zero-order valence-electron chi connectivity index (χ0n) is 8.98. The molecule has 0 aromatic heterocycles. The molecule has 0 aliphatic heterocycles. The number of amides is 1. The molecule has 0 bridgehead atoms. The molecule has 3 N–H and O–H groups in total. The maximum atomic E-state index is 11.3. The lowest BCUT2D eigenvalue weighted by atomic mass is 9.89. The first-order chi connectivity index (χ1) is 5.81. The van der Waals surface area contributed by atoms with Crippen LogP contribution in [0.1, 0.15) is 27.7 Å². The van der Waals surface area contributed by atoms with Crippen LogP contribution in [0.2, 0.25) is 0 Å². The third-order valence-corrected chi connectivity index (χ3v) is 2.41. The van der Waals surface area contributed by atoms with Gasteiger partial charge in [-0.1, -0.05) is 13.5 Å². The number of nitrogens with two attached hydrogens (primary N) is 1. The van der Waals surface area contributed by atoms with Gasteiger partial charge in [-0.3, -0.25) is 4.79 Å². The van der Waals surface area contributed by atoms with Crippen molar-refractivity contribution < 1.29 is 4.79 Å². The van der Waals surface area contributed by atoms with E-state index in [-0.39, 0.29) is 17.4 Å². The van der Waals surface area contributed by atoms with Gasteiger partial charge >= 0.3 is 0 Å². The predicted molar refractivity (Wildman–Crippen MR) is 55.3 cm³/mol. The highest BCUT2D eigenvalue weighted by Gasteiger charge is 2.26. The summed E-state index contributed by atoms with van der Waals surface area (Å²) in [6.07, 6.45) is 0. The number of hydrogen-bond acceptors (Lipinski definition) is 2. The third-order valence-electron chi connectivity index (χ3n) is 2.41. The molecule has 0 aliphatic rings. The molecule has 0 aromatic rings. The van der Waals surface area contributed by atoms with Gasteiger partial charge in [0.15, 0.2) is 0 Å². The van der Waals surface area contributed by atoms with E-state index in [0.717, 1.165) is 0 Å². The maximum Gasteiger partial charge on any atom is 0.246 e. The summed E-state index contributed by atoms with van der Waals surface area (Å²) < 4.78 is 0. The molecular formula is C10H20N2O. The van der Waals surface area contributed by atoms with E-state index in [2.05, 4.69) is 11.9 Å². The number of carbonyl (C=O) groups excluding carboxylic acids is 1. The fourth-order valence-corrected chi connectivity index (χ4v) is 0.817. The first kappa shape index (κ1) is 12.2. The van der Waals surface area contributed by atoms with E-state index < -0.39 is 0 Å². The first-order valence-corrected chi connectivity index (χ1v) is 4.49. The molecule has 0 aromatic carbocycles. The second-order valence-corrected chi connectivity index (χ2v) is 4.09. The van der Waals surface area contributed by atoms with Gasteiger partial charge in [0.2, 0.25) is 5.91 Å². The molecule has 1 amide bonds. The smallest absolute Gasteiger partial charge is 0.246 e. The van der Waals surface area contributed by atoms with E-state index in [0.29, 0.717) is 12.1 Å². The lowest BCUT2D eigenvalue weighted by molar-refractivity contribution is -0.119. The lowest BCUT2D eigenvalue weighted by Crippen LogP contribution is -2.50. The molecule has 0 radical (unpaired) electrons. The van der Waals surface area contributed by atoms with Crippen molar-refractivity contribution in [3.63, 3.8) is 0 Å². The topological polar surface area (TPSA) is 55.1 Å². The Morgan fingerprint density at radius 2 is 2.08 bits per heavy atom. The van der Waals surface area contributed by atoms with E-state index >= 15 is 0 Å². The Kier molecular flexibility index (Phi) is 4.14. The van der Waals surface area contributed by atoms with Crippen LogP contribution in [0.4, 0.5) is 0 Å². The van der Waals surface area contributed by atoms with Gasteiger partial charge in [-0.2, -0.15) is 0 Å². The minimum atomic E-state index is -0.273. The number of rotatable bonds is 4. The van der Waals surface area contributed by atoms with Crippen molar-refractivity contribution in [3.05, 3.63) is 12.2 Å². The molecule has 0 spiro atoms. The summed E-state index contributed by atoms with van der Waals surface area (Å²) in [6.45, 7) is 11.8. The van der Waals surface area contributed by atoms with E-state index in [1.165, 1.54) is 0 Å². The Hall–Kier alpha value is -0.830. The van der Waals surface area contributed by atoms with Crippen LogP contribution in [-0.2, 0) is 4.79 Å². The van der Waals surface area contributed by atoms with Gasteiger partial charge in [-0.25, -0.2) is 0 Å². The summed E-state index contributed by atoms with van der Waals surface area (Å²) in [4.78, 5) is 11.3.